The van der Waals surface area contributed by atoms with E-state index in [9.17, 15) is 19.2 Å². The van der Waals surface area contributed by atoms with Crippen molar-refractivity contribution in [2.24, 2.45) is 11.8 Å². The molecule has 2 atom stereocenters. The number of carbonyl (C=O) groups is 4. The van der Waals surface area contributed by atoms with E-state index >= 15 is 0 Å². The molecule has 5 fully saturated rings. The Balaban J connectivity index is 0.000000154. The molecule has 3 saturated heterocycles. The molecule has 0 bridgehead atoms. The van der Waals surface area contributed by atoms with Gasteiger partial charge in [0.2, 0.25) is 11.8 Å². The van der Waals surface area contributed by atoms with Crippen molar-refractivity contribution in [3.8, 4) is 45.4 Å². The molecule has 110 heavy (non-hydrogen) atoms. The first kappa shape index (κ1) is 77.5. The molecule has 15 rings (SSSR count). The number of amides is 4. The molecular formula is C84H100BClN16O8. The Morgan fingerprint density at radius 2 is 0.973 bits per heavy atom. The molecule has 2 aliphatic carbocycles. The number of rotatable bonds is 14. The molecule has 9 heterocycles. The molecule has 24 nitrogen and oxygen atoms in total. The summed E-state index contributed by atoms with van der Waals surface area (Å²) in [4.78, 5) is 86.1. The molecule has 4 amide bonds. The zero-order valence-electron chi connectivity index (χ0n) is 65.4. The molecule has 574 valence electrons. The van der Waals surface area contributed by atoms with Gasteiger partial charge in [-0.25, -0.2) is 39.5 Å². The Morgan fingerprint density at radius 1 is 0.536 bits per heavy atom. The number of carbonyl (C=O) groups excluding carboxylic acids is 4. The van der Waals surface area contributed by atoms with Crippen molar-refractivity contribution in [3.63, 3.8) is 0 Å². The monoisotopic (exact) mass is 1510 g/mol. The van der Waals surface area contributed by atoms with Crippen LogP contribution in [0.5, 0.6) is 0 Å². The number of benzene rings is 4. The predicted molar refractivity (Wildman–Crippen MR) is 433 cm³/mol. The minimum atomic E-state index is -0.581. The van der Waals surface area contributed by atoms with E-state index in [0.29, 0.717) is 62.9 Å². The first-order chi connectivity index (χ1) is 52.2. The number of pyridine rings is 4. The predicted octanol–water partition coefficient (Wildman–Crippen LogP) is 14.1. The highest BCUT2D eigenvalue weighted by Crippen LogP contribution is 2.45. The first-order valence-corrected chi connectivity index (χ1v) is 38.1. The lowest BCUT2D eigenvalue weighted by atomic mass is 9.72. The number of hydrogen-bond donors (Lipinski definition) is 4. The number of halogens is 1. The van der Waals surface area contributed by atoms with Gasteiger partial charge in [-0.3, -0.25) is 18.7 Å². The highest BCUT2D eigenvalue weighted by atomic mass is 35.5. The smallest absolute Gasteiger partial charge is 0.444 e. The molecule has 0 radical (unpaired) electrons. The summed E-state index contributed by atoms with van der Waals surface area (Å²) in [6, 6.07) is 47.9. The van der Waals surface area contributed by atoms with Gasteiger partial charge >= 0.3 is 19.3 Å². The van der Waals surface area contributed by atoms with Crippen molar-refractivity contribution < 1.29 is 38.0 Å². The van der Waals surface area contributed by atoms with Crippen LogP contribution in [0.3, 0.4) is 0 Å². The van der Waals surface area contributed by atoms with E-state index in [1.807, 2.05) is 176 Å². The summed E-state index contributed by atoms with van der Waals surface area (Å²) in [5.74, 6) is 2.47. The van der Waals surface area contributed by atoms with Crippen LogP contribution in [0.2, 0.25) is 5.15 Å². The SMILES string of the molecule is CC(C)(C)OC(=O)NC1(c2ccc(-n3c(-c4cccnc4N)nc4ccc(Cl)nc43)cc2)CCC1.CN(C)C(=O)C1CCN(c2cccc(-c3ccc4nc(-c5cccnc5N)n(-c5ccc(C6(NC(=O)OC(C)(C)C)CCC6)cc5)c4n3)c2)C1.CN(C)C(=O)C1CCN(c2cccc(B3OC(C)(C)C(C)(C)O3)c2)C1. The van der Waals surface area contributed by atoms with E-state index in [0.717, 1.165) is 127 Å². The summed E-state index contributed by atoms with van der Waals surface area (Å²) in [5.41, 5.74) is 22.7. The maximum absolute atomic E-state index is 12.8. The maximum atomic E-state index is 12.8. The van der Waals surface area contributed by atoms with Gasteiger partial charge in [-0.2, -0.15) is 0 Å². The Bertz CT molecular complexity index is 5050. The third-order valence-electron chi connectivity index (χ3n) is 21.6. The summed E-state index contributed by atoms with van der Waals surface area (Å²) in [6.07, 6.45) is 9.67. The summed E-state index contributed by atoms with van der Waals surface area (Å²) in [6.45, 7) is 22.6. The van der Waals surface area contributed by atoms with Gasteiger partial charge in [0.05, 0.1) is 50.9 Å². The van der Waals surface area contributed by atoms with Gasteiger partial charge in [-0.05, 0) is 234 Å². The van der Waals surface area contributed by atoms with Gasteiger partial charge in [0.1, 0.15) is 39.0 Å². The largest absolute Gasteiger partial charge is 0.494 e. The molecule has 6 aromatic heterocycles. The number of alkyl carbamates (subject to hydrolysis) is 2. The zero-order chi connectivity index (χ0) is 78.4. The van der Waals surface area contributed by atoms with Crippen LogP contribution < -0.4 is 37.4 Å². The highest BCUT2D eigenvalue weighted by Gasteiger charge is 2.52. The highest BCUT2D eigenvalue weighted by molar-refractivity contribution is 6.62. The second-order valence-electron chi connectivity index (χ2n) is 32.7. The van der Waals surface area contributed by atoms with E-state index < -0.39 is 34.5 Å². The van der Waals surface area contributed by atoms with Crippen LogP contribution in [0.4, 0.5) is 32.6 Å². The fraction of sp³-hybridized carbons (Fsp3) is 0.405. The average Bonchev–Trinajstić information content (AvgIpc) is 1.56. The summed E-state index contributed by atoms with van der Waals surface area (Å²) < 4.78 is 27.4. The average molecular weight is 1510 g/mol. The van der Waals surface area contributed by atoms with Crippen LogP contribution in [-0.2, 0) is 39.4 Å². The van der Waals surface area contributed by atoms with Crippen molar-refractivity contribution in [3.05, 3.63) is 174 Å². The van der Waals surface area contributed by atoms with E-state index in [2.05, 4.69) is 106 Å². The van der Waals surface area contributed by atoms with E-state index in [1.54, 1.807) is 28.3 Å². The summed E-state index contributed by atoms with van der Waals surface area (Å²) >= 11 is 6.23. The first-order valence-electron chi connectivity index (χ1n) is 37.8. The number of fused-ring (bicyclic) bond motifs is 2. The van der Waals surface area contributed by atoms with Gasteiger partial charge in [0.15, 0.2) is 22.9 Å². The van der Waals surface area contributed by atoms with E-state index in [-0.39, 0.29) is 42.0 Å². The van der Waals surface area contributed by atoms with Gasteiger partial charge in [0, 0.05) is 95.1 Å². The number of nitrogens with two attached hydrogens (primary N) is 2. The number of nitrogens with one attached hydrogen (secondary N) is 2. The Labute approximate surface area is 648 Å². The fourth-order valence-corrected chi connectivity index (χ4v) is 15.0. The Hall–Kier alpha value is -10.6. The van der Waals surface area contributed by atoms with E-state index in [4.69, 9.17) is 56.8 Å². The Morgan fingerprint density at radius 3 is 1.40 bits per heavy atom. The lowest BCUT2D eigenvalue weighted by Crippen LogP contribution is -2.52. The number of ether oxygens (including phenoxy) is 2. The van der Waals surface area contributed by atoms with Crippen molar-refractivity contribution in [2.75, 3.05) is 75.6 Å². The Kier molecular flexibility index (Phi) is 21.6. The van der Waals surface area contributed by atoms with Crippen LogP contribution in [-0.4, -0.2) is 157 Å². The van der Waals surface area contributed by atoms with E-state index in [1.165, 1.54) is 0 Å². The summed E-state index contributed by atoms with van der Waals surface area (Å²) in [7, 11) is 6.92. The third-order valence-corrected chi connectivity index (χ3v) is 21.8. The topological polar surface area (TPSA) is 281 Å². The van der Waals surface area contributed by atoms with Gasteiger partial charge in [-0.15, -0.1) is 0 Å². The molecule has 2 saturated carbocycles. The lowest BCUT2D eigenvalue weighted by Gasteiger charge is -2.43. The molecule has 6 N–H and O–H groups in total. The molecule has 0 spiro atoms. The second-order valence-corrected chi connectivity index (χ2v) is 33.1. The normalized spacial score (nSPS) is 18.1. The summed E-state index contributed by atoms with van der Waals surface area (Å²) in [5, 5.41) is 6.63. The van der Waals surface area contributed by atoms with Crippen molar-refractivity contribution in [2.45, 2.75) is 154 Å². The third kappa shape index (κ3) is 16.5. The fourth-order valence-electron chi connectivity index (χ4n) is 14.8. The van der Waals surface area contributed by atoms with Gasteiger partial charge in [-0.1, -0.05) is 60.1 Å². The van der Waals surface area contributed by atoms with Gasteiger partial charge < -0.3 is 60.5 Å². The minimum Gasteiger partial charge on any atom is -0.444 e. The second kappa shape index (κ2) is 30.7. The zero-order valence-corrected chi connectivity index (χ0v) is 66.1. The molecular weight excluding hydrogens is 1410 g/mol. The van der Waals surface area contributed by atoms with Crippen LogP contribution >= 0.6 is 11.6 Å². The standard InChI is InChI=1S/C39H44N8O3.C26H27ClN6O2.C19H29BN2O3/c1-38(2,3)50-37(49)44-39(19-8-20-39)27-12-14-28(15-13-27)47-34(30-11-7-21-41-33(30)40)43-32-17-16-31(42-35(32)47)25-9-6-10-29(23-25)46-22-18-26(24-46)36(48)45(4)5;1-25(2,3)35-24(34)32-26(13-5-14-26)16-7-9-17(10-8-16)33-22(18-6-4-15-29-21(18)28)30-19-11-12-20(27)31-23(19)33;1-18(2)19(3,4)25-20(24-18)15-8-7-9-16(12-15)22-11-10-14(13-22)17(23)21(5)6/h6-7,9-17,21,23,26H,8,18-20,22,24H2,1-5H3,(H2,40,41)(H,44,49);4,6-12,15H,5,13-14H2,1-3H3,(H2,28,29)(H,32,34);7-9,12,14H,10-11,13H2,1-6H3. The maximum Gasteiger partial charge on any atom is 0.494 e. The number of hydrogen-bond acceptors (Lipinski definition) is 18. The van der Waals surface area contributed by atoms with Crippen LogP contribution in [0.15, 0.2) is 158 Å². The van der Waals surface area contributed by atoms with Crippen LogP contribution in [0.25, 0.3) is 67.7 Å². The van der Waals surface area contributed by atoms with Crippen molar-refractivity contribution in [1.82, 2.24) is 59.5 Å². The van der Waals surface area contributed by atoms with Crippen molar-refractivity contribution >= 4 is 93.5 Å². The number of aromatic nitrogens is 8. The quantitative estimate of drug-likeness (QED) is 0.0581. The molecule has 4 aromatic carbocycles. The van der Waals surface area contributed by atoms with Crippen LogP contribution in [0, 0.1) is 11.8 Å². The van der Waals surface area contributed by atoms with Gasteiger partial charge in [0.25, 0.3) is 0 Å². The number of imidazole rings is 2. The van der Waals surface area contributed by atoms with Crippen molar-refractivity contribution in [1.29, 1.82) is 0 Å². The van der Waals surface area contributed by atoms with Crippen LogP contribution in [0.1, 0.15) is 132 Å². The molecule has 10 aromatic rings. The number of nitrogen functional groups attached to an aromatic ring is 2. The molecule has 3 aliphatic heterocycles. The number of nitrogens with zero attached hydrogens (tertiary/aromatic N) is 12. The number of anilines is 4. The lowest BCUT2D eigenvalue weighted by molar-refractivity contribution is -0.132. The molecule has 26 heteroatoms. The molecule has 5 aliphatic rings. The molecule has 2 unspecified atom stereocenters. The minimum absolute atomic E-state index is 0.00512.